The maximum Gasteiger partial charge on any atom is 0.266 e. The zero-order chi connectivity index (χ0) is 30.1. The largest absolute Gasteiger partial charge is 0.494 e. The molecule has 3 aromatic rings. The molecule has 4 heterocycles. The normalized spacial score (nSPS) is 16.5. The van der Waals surface area contributed by atoms with Crippen molar-refractivity contribution in [3.8, 4) is 5.75 Å². The van der Waals surface area contributed by atoms with Gasteiger partial charge in [-0.3, -0.25) is 24.4 Å². The smallest absolute Gasteiger partial charge is 0.266 e. The molecule has 3 aliphatic heterocycles. The summed E-state index contributed by atoms with van der Waals surface area (Å²) in [6.07, 6.45) is 4.97. The fourth-order valence-corrected chi connectivity index (χ4v) is 5.71. The quantitative estimate of drug-likeness (QED) is 0.383. The maximum atomic E-state index is 13.4. The van der Waals surface area contributed by atoms with Crippen LogP contribution in [0, 0.1) is 0 Å². The van der Waals surface area contributed by atoms with Gasteiger partial charge in [-0.15, -0.1) is 0 Å². The molecule has 1 saturated heterocycles. The summed E-state index contributed by atoms with van der Waals surface area (Å²) in [6.45, 7) is 6.43. The molecule has 6 rings (SSSR count). The maximum absolute atomic E-state index is 13.4. The predicted molar refractivity (Wildman–Crippen MR) is 168 cm³/mol. The molecule has 1 fully saturated rings. The van der Waals surface area contributed by atoms with Crippen LogP contribution in [0.5, 0.6) is 5.75 Å². The summed E-state index contributed by atoms with van der Waals surface area (Å²) in [5, 5.41) is 6.07. The number of aliphatic imine (C=N–C) groups is 1. The molecule has 2 amide bonds. The molecule has 0 atom stereocenters. The summed E-state index contributed by atoms with van der Waals surface area (Å²) in [7, 11) is 5.92. The Hall–Kier alpha value is -4.97. The van der Waals surface area contributed by atoms with Gasteiger partial charge in [0.2, 0.25) is 17.8 Å². The van der Waals surface area contributed by atoms with Crippen LogP contribution in [-0.4, -0.2) is 91.0 Å². The Balaban J connectivity index is 1.30. The summed E-state index contributed by atoms with van der Waals surface area (Å²) in [5.41, 5.74) is 3.43. The van der Waals surface area contributed by atoms with Crippen molar-refractivity contribution in [2.24, 2.45) is 4.99 Å². The molecule has 12 heteroatoms. The van der Waals surface area contributed by atoms with E-state index in [2.05, 4.69) is 57.2 Å². The van der Waals surface area contributed by atoms with Gasteiger partial charge in [0, 0.05) is 49.3 Å². The first-order valence-corrected chi connectivity index (χ1v) is 14.3. The van der Waals surface area contributed by atoms with Crippen molar-refractivity contribution >= 4 is 52.3 Å². The van der Waals surface area contributed by atoms with E-state index < -0.39 is 0 Å². The van der Waals surface area contributed by atoms with Gasteiger partial charge in [-0.2, -0.15) is 4.98 Å². The molecule has 0 unspecified atom stereocenters. The van der Waals surface area contributed by atoms with Crippen molar-refractivity contribution in [3.63, 3.8) is 0 Å². The number of carbonyl (C=O) groups excluding carboxylic acids is 2. The van der Waals surface area contributed by atoms with Gasteiger partial charge in [0.15, 0.2) is 5.82 Å². The molecule has 43 heavy (non-hydrogen) atoms. The van der Waals surface area contributed by atoms with E-state index in [4.69, 9.17) is 9.72 Å². The molecular weight excluding hydrogens is 546 g/mol. The van der Waals surface area contributed by atoms with Gasteiger partial charge in [0.25, 0.3) is 5.91 Å². The van der Waals surface area contributed by atoms with Crippen LogP contribution in [0.1, 0.15) is 23.2 Å². The van der Waals surface area contributed by atoms with Crippen LogP contribution in [0.25, 0.3) is 0 Å². The first-order chi connectivity index (χ1) is 20.9. The van der Waals surface area contributed by atoms with Gasteiger partial charge >= 0.3 is 0 Å². The van der Waals surface area contributed by atoms with Gasteiger partial charge in [-0.25, -0.2) is 4.98 Å². The van der Waals surface area contributed by atoms with Gasteiger partial charge in [-0.1, -0.05) is 12.6 Å². The number of amides is 2. The number of hydrogen-bond acceptors (Lipinski definition) is 10. The van der Waals surface area contributed by atoms with E-state index in [1.807, 2.05) is 29.2 Å². The number of guanidine groups is 1. The fourth-order valence-electron chi connectivity index (χ4n) is 5.71. The SMILES string of the molecule is C=CC(=O)Nc1cccc(N2C3=NCCN3C(=O)c3cnc(Nc4ccc(N5CCC(N(C)C)CC5)cc4OC)nc32)c1. The Morgan fingerprint density at radius 3 is 2.67 bits per heavy atom. The second-order valence-electron chi connectivity index (χ2n) is 10.8. The van der Waals surface area contributed by atoms with Crippen LogP contribution in [0.4, 0.5) is 34.5 Å². The average molecular weight is 582 g/mol. The number of hydrogen-bond donors (Lipinski definition) is 2. The lowest BCUT2D eigenvalue weighted by molar-refractivity contribution is -0.111. The number of methoxy groups -OCH3 is 1. The second kappa shape index (κ2) is 11.7. The Morgan fingerprint density at radius 2 is 1.93 bits per heavy atom. The zero-order valence-electron chi connectivity index (χ0n) is 24.6. The Kier molecular flexibility index (Phi) is 7.68. The highest BCUT2D eigenvalue weighted by molar-refractivity contribution is 6.21. The third-order valence-corrected chi connectivity index (χ3v) is 8.02. The van der Waals surface area contributed by atoms with Crippen molar-refractivity contribution in [2.45, 2.75) is 18.9 Å². The molecule has 2 aromatic carbocycles. The van der Waals surface area contributed by atoms with Gasteiger partial charge < -0.3 is 25.2 Å². The number of fused-ring (bicyclic) bond motifs is 2. The lowest BCUT2D eigenvalue weighted by Gasteiger charge is -2.36. The summed E-state index contributed by atoms with van der Waals surface area (Å²) in [6, 6.07) is 13.9. The highest BCUT2D eigenvalue weighted by Crippen LogP contribution is 2.38. The topological polar surface area (TPSA) is 119 Å². The lowest BCUT2D eigenvalue weighted by atomic mass is 10.0. The highest BCUT2D eigenvalue weighted by atomic mass is 16.5. The van der Waals surface area contributed by atoms with Crippen LogP contribution in [0.15, 0.2) is 66.3 Å². The summed E-state index contributed by atoms with van der Waals surface area (Å²) >= 11 is 0. The van der Waals surface area contributed by atoms with E-state index in [1.165, 1.54) is 12.3 Å². The first-order valence-electron chi connectivity index (χ1n) is 14.3. The van der Waals surface area contributed by atoms with Crippen molar-refractivity contribution in [1.29, 1.82) is 0 Å². The molecule has 0 radical (unpaired) electrons. The number of carbonyl (C=O) groups is 2. The Morgan fingerprint density at radius 1 is 1.12 bits per heavy atom. The predicted octanol–water partition coefficient (Wildman–Crippen LogP) is 3.85. The molecule has 1 aromatic heterocycles. The average Bonchev–Trinajstić information content (AvgIpc) is 3.51. The van der Waals surface area contributed by atoms with Crippen molar-refractivity contribution in [1.82, 2.24) is 19.8 Å². The number of ether oxygens (including phenoxy) is 1. The number of rotatable bonds is 8. The monoisotopic (exact) mass is 581 g/mol. The molecule has 222 valence electrons. The molecule has 0 aliphatic carbocycles. The standard InChI is InChI=1S/C31H35N9O3/c1-5-27(41)34-20-7-6-8-23(17-20)40-28-24(29(42)39-16-13-32-31(39)40)19-33-30(36-28)35-25-10-9-22(18-26(25)43-4)38-14-11-21(12-15-38)37(2)3/h5-10,17-19,21H,1,11-16H2,2-4H3,(H,34,41)(H,33,35,36). The van der Waals surface area contributed by atoms with Crippen molar-refractivity contribution < 1.29 is 14.3 Å². The number of piperidine rings is 1. The number of aromatic nitrogens is 2. The molecule has 0 bridgehead atoms. The number of anilines is 6. The van der Waals surface area contributed by atoms with Crippen molar-refractivity contribution in [2.75, 3.05) is 67.8 Å². The van der Waals surface area contributed by atoms with Crippen LogP contribution in [0.2, 0.25) is 0 Å². The van der Waals surface area contributed by atoms with Gasteiger partial charge in [-0.05, 0) is 63.3 Å². The van der Waals surface area contributed by atoms with E-state index in [-0.39, 0.29) is 11.8 Å². The van der Waals surface area contributed by atoms with E-state index in [1.54, 1.807) is 24.1 Å². The third-order valence-electron chi connectivity index (χ3n) is 8.02. The zero-order valence-corrected chi connectivity index (χ0v) is 24.6. The summed E-state index contributed by atoms with van der Waals surface area (Å²) < 4.78 is 5.75. The Labute approximate surface area is 250 Å². The fraction of sp³-hybridized carbons (Fsp3) is 0.323. The van der Waals surface area contributed by atoms with Crippen LogP contribution >= 0.6 is 0 Å². The molecule has 2 N–H and O–H groups in total. The molecule has 0 spiro atoms. The molecule has 12 nitrogen and oxygen atoms in total. The van der Waals surface area contributed by atoms with E-state index in [0.717, 1.165) is 31.6 Å². The van der Waals surface area contributed by atoms with Crippen LogP contribution < -0.4 is 25.2 Å². The molecular formula is C31H35N9O3. The van der Waals surface area contributed by atoms with E-state index in [9.17, 15) is 9.59 Å². The number of benzene rings is 2. The number of nitrogens with zero attached hydrogens (tertiary/aromatic N) is 7. The number of nitrogens with one attached hydrogen (secondary N) is 2. The van der Waals surface area contributed by atoms with Crippen LogP contribution in [0.3, 0.4) is 0 Å². The lowest BCUT2D eigenvalue weighted by Crippen LogP contribution is -2.48. The van der Waals surface area contributed by atoms with Crippen LogP contribution in [-0.2, 0) is 4.79 Å². The summed E-state index contributed by atoms with van der Waals surface area (Å²) in [5.74, 6) is 1.32. The Bertz CT molecular complexity index is 1600. The summed E-state index contributed by atoms with van der Waals surface area (Å²) in [4.78, 5) is 47.3. The first kappa shape index (κ1) is 28.2. The minimum absolute atomic E-state index is 0.204. The molecule has 0 saturated carbocycles. The third kappa shape index (κ3) is 5.48. The van der Waals surface area contributed by atoms with Gasteiger partial charge in [0.1, 0.15) is 11.3 Å². The van der Waals surface area contributed by atoms with E-state index in [0.29, 0.717) is 65.2 Å². The van der Waals surface area contributed by atoms with Gasteiger partial charge in [0.05, 0.1) is 25.0 Å². The van der Waals surface area contributed by atoms with E-state index >= 15 is 0 Å². The second-order valence-corrected chi connectivity index (χ2v) is 10.8. The molecule has 3 aliphatic rings. The highest BCUT2D eigenvalue weighted by Gasteiger charge is 2.40. The minimum atomic E-state index is -0.321. The minimum Gasteiger partial charge on any atom is -0.494 e. The van der Waals surface area contributed by atoms with Crippen molar-refractivity contribution in [3.05, 3.63) is 66.9 Å².